The molecular weight excluding hydrogens is 893 g/mol. The number of carbonyl (C=O) groups excluding carboxylic acids is 2. The van der Waals surface area contributed by atoms with E-state index in [2.05, 4.69) is 26.8 Å². The Morgan fingerprint density at radius 3 is 2.09 bits per heavy atom. The summed E-state index contributed by atoms with van der Waals surface area (Å²) in [5.74, 6) is -3.44. The SMILES string of the molecule is CC=C(C)C(=O)O[C@H]1[C@H](O)[C@]2(COC(C)=O)[C@H](O)C[C@]3(C)C(=CC[C@@H]4[C@@]5(C)CC[C@H](O[C@@H]6O[C@H](C(=O)O)[C@@H](O)[C@H](O)[C@H]6O[C@@H]6O[C@H](CO)[C@@H](O)[C@H](O)[C@H]6O)[C@](C)(CO)[C@@H]5CC[C@]43C)[C@@H]2CC1(C)C. The van der Waals surface area contributed by atoms with Crippen LogP contribution in [0.1, 0.15) is 107 Å². The van der Waals surface area contributed by atoms with Gasteiger partial charge in [-0.2, -0.15) is 0 Å². The van der Waals surface area contributed by atoms with Gasteiger partial charge in [0.15, 0.2) is 18.7 Å². The first-order valence-corrected chi connectivity index (χ1v) is 24.2. The standard InChI is InChI=1S/C49H76O19/c1-10-22(2)41(62)68-39-38(59)49(21-63-23(3)52)25(17-44(39,4)5)24-11-12-28-45(6)15-14-30(46(7,20-51)27(45)13-16-47(28,8)48(24,9)18-29(49)53)65-43-37(34(57)33(56)36(66-43)40(60)61)67-42-35(58)32(55)31(54)26(19-50)64-42/h10-11,25-39,42-43,50-51,53-59H,12-21H2,1-9H3,(H,60,61)/t25-,26+,27+,28+,29+,30-,31+,32-,33-,34-,35+,36-,37+,38-,39-,42-,43+,45-,46+,47+,48+,49-/m0/s1. The fourth-order valence-electron chi connectivity index (χ4n) is 14.7. The minimum absolute atomic E-state index is 0.0110. The number of carbonyl (C=O) groups is 3. The monoisotopic (exact) mass is 968 g/mol. The maximum Gasteiger partial charge on any atom is 0.335 e. The highest BCUT2D eigenvalue weighted by Gasteiger charge is 2.73. The third-order valence-corrected chi connectivity index (χ3v) is 18.9. The van der Waals surface area contributed by atoms with Gasteiger partial charge < -0.3 is 79.5 Å². The first kappa shape index (κ1) is 53.2. The summed E-state index contributed by atoms with van der Waals surface area (Å²) in [6.45, 7) is 15.6. The van der Waals surface area contributed by atoms with Crippen molar-refractivity contribution in [3.63, 3.8) is 0 Å². The number of esters is 2. The van der Waals surface area contributed by atoms with Gasteiger partial charge in [0.1, 0.15) is 61.5 Å². The smallest absolute Gasteiger partial charge is 0.335 e. The Hall–Kier alpha value is -2.63. The minimum atomic E-state index is -2.04. The summed E-state index contributed by atoms with van der Waals surface area (Å²) in [6.07, 6.45) is -15.3. The molecule has 0 aromatic carbocycles. The van der Waals surface area contributed by atoms with Crippen LogP contribution in [0.3, 0.4) is 0 Å². The molecule has 10 N–H and O–H groups in total. The van der Waals surface area contributed by atoms with Crippen molar-refractivity contribution >= 4 is 17.9 Å². The molecular formula is C49H76O19. The van der Waals surface area contributed by atoms with E-state index in [1.54, 1.807) is 19.9 Å². The first-order valence-electron chi connectivity index (χ1n) is 24.2. The van der Waals surface area contributed by atoms with Crippen molar-refractivity contribution in [3.05, 3.63) is 23.3 Å². The van der Waals surface area contributed by atoms with Crippen LogP contribution in [0, 0.1) is 50.2 Å². The maximum atomic E-state index is 13.2. The summed E-state index contributed by atoms with van der Waals surface area (Å²) in [6, 6.07) is 0. The van der Waals surface area contributed by atoms with Crippen molar-refractivity contribution in [3.8, 4) is 0 Å². The van der Waals surface area contributed by atoms with Gasteiger partial charge in [-0.25, -0.2) is 9.59 Å². The van der Waals surface area contributed by atoms with Crippen LogP contribution in [0.4, 0.5) is 0 Å². The molecule has 19 nitrogen and oxygen atoms in total. The Morgan fingerprint density at radius 1 is 0.809 bits per heavy atom. The summed E-state index contributed by atoms with van der Waals surface area (Å²) in [5, 5.41) is 110. The quantitative estimate of drug-likeness (QED) is 0.0594. The van der Waals surface area contributed by atoms with Gasteiger partial charge in [0, 0.05) is 23.3 Å². The van der Waals surface area contributed by atoms with Gasteiger partial charge in [-0.3, -0.25) is 4.79 Å². The molecule has 0 radical (unpaired) electrons. The molecule has 0 aromatic heterocycles. The summed E-state index contributed by atoms with van der Waals surface area (Å²) in [7, 11) is 0. The number of hydrogen-bond donors (Lipinski definition) is 10. The second-order valence-electron chi connectivity index (χ2n) is 22.8. The number of rotatable bonds is 11. The van der Waals surface area contributed by atoms with Gasteiger partial charge in [-0.15, -0.1) is 0 Å². The number of aliphatic carboxylic acids is 1. The lowest BCUT2D eigenvalue weighted by atomic mass is 9.33. The van der Waals surface area contributed by atoms with E-state index in [4.69, 9.17) is 28.4 Å². The Labute approximate surface area is 397 Å². The Bertz CT molecular complexity index is 1970. The summed E-state index contributed by atoms with van der Waals surface area (Å²) in [4.78, 5) is 38.0. The molecule has 2 saturated heterocycles. The maximum absolute atomic E-state index is 13.2. The van der Waals surface area contributed by atoms with E-state index >= 15 is 0 Å². The van der Waals surface area contributed by atoms with Gasteiger partial charge in [-0.05, 0) is 92.8 Å². The molecule has 68 heavy (non-hydrogen) atoms. The zero-order valence-electron chi connectivity index (χ0n) is 40.7. The van der Waals surface area contributed by atoms with Crippen molar-refractivity contribution in [2.75, 3.05) is 19.8 Å². The molecule has 6 fully saturated rings. The summed E-state index contributed by atoms with van der Waals surface area (Å²) >= 11 is 0. The van der Waals surface area contributed by atoms with Crippen LogP contribution in [0.15, 0.2) is 23.3 Å². The average Bonchev–Trinajstić information content (AvgIpc) is 3.27. The van der Waals surface area contributed by atoms with Crippen molar-refractivity contribution in [1.29, 1.82) is 0 Å². The van der Waals surface area contributed by atoms with Crippen LogP contribution in [0.25, 0.3) is 0 Å². The zero-order chi connectivity index (χ0) is 50.4. The second-order valence-corrected chi connectivity index (χ2v) is 22.8. The van der Waals surface area contributed by atoms with E-state index in [1.165, 1.54) is 6.92 Å². The predicted molar refractivity (Wildman–Crippen MR) is 236 cm³/mol. The molecule has 0 spiro atoms. The highest BCUT2D eigenvalue weighted by molar-refractivity contribution is 5.87. The number of ether oxygens (including phenoxy) is 6. The van der Waals surface area contributed by atoms with E-state index in [9.17, 15) is 65.4 Å². The third kappa shape index (κ3) is 8.11. The molecule has 0 amide bonds. The summed E-state index contributed by atoms with van der Waals surface area (Å²) in [5.41, 5.74) is -3.29. The van der Waals surface area contributed by atoms with E-state index in [1.807, 2.05) is 20.8 Å². The van der Waals surface area contributed by atoms with Crippen molar-refractivity contribution in [1.82, 2.24) is 0 Å². The van der Waals surface area contributed by atoms with Gasteiger partial charge >= 0.3 is 17.9 Å². The number of carboxylic acids is 1. The van der Waals surface area contributed by atoms with Crippen LogP contribution < -0.4 is 0 Å². The van der Waals surface area contributed by atoms with Crippen molar-refractivity contribution in [2.24, 2.45) is 50.2 Å². The number of allylic oxidation sites excluding steroid dienone is 3. The lowest BCUT2D eigenvalue weighted by Crippen LogP contribution is -2.72. The van der Waals surface area contributed by atoms with Gasteiger partial charge in [-0.1, -0.05) is 59.3 Å². The molecule has 386 valence electrons. The van der Waals surface area contributed by atoms with E-state index in [-0.39, 0.29) is 31.5 Å². The Kier molecular flexibility index (Phi) is 14.7. The zero-order valence-corrected chi connectivity index (χ0v) is 40.7. The molecule has 19 heteroatoms. The number of aliphatic hydroxyl groups is 9. The number of carboxylic acid groups (broad SMARTS) is 1. The van der Waals surface area contributed by atoms with Crippen LogP contribution >= 0.6 is 0 Å². The van der Waals surface area contributed by atoms with Crippen LogP contribution in [0.2, 0.25) is 0 Å². The van der Waals surface area contributed by atoms with Gasteiger partial charge in [0.25, 0.3) is 0 Å². The molecule has 0 unspecified atom stereocenters. The molecule has 2 aliphatic heterocycles. The third-order valence-electron chi connectivity index (χ3n) is 18.9. The Balaban J connectivity index is 1.20. The lowest BCUT2D eigenvalue weighted by Gasteiger charge is -2.72. The predicted octanol–water partition coefficient (Wildman–Crippen LogP) is 0.855. The second kappa shape index (κ2) is 18.8. The van der Waals surface area contributed by atoms with Crippen LogP contribution in [-0.2, 0) is 42.8 Å². The molecule has 7 rings (SSSR count). The summed E-state index contributed by atoms with van der Waals surface area (Å²) < 4.78 is 35.6. The van der Waals surface area contributed by atoms with Crippen molar-refractivity contribution < 1.29 is 93.9 Å². The van der Waals surface area contributed by atoms with E-state index in [0.29, 0.717) is 44.1 Å². The fourth-order valence-corrected chi connectivity index (χ4v) is 14.7. The fraction of sp³-hybridized carbons (Fsp3) is 0.857. The van der Waals surface area contributed by atoms with Crippen molar-refractivity contribution in [2.45, 2.75) is 193 Å². The molecule has 2 heterocycles. The normalized spacial score (nSPS) is 50.1. The topological polar surface area (TPSA) is 309 Å². The highest BCUT2D eigenvalue weighted by atomic mass is 16.8. The largest absolute Gasteiger partial charge is 0.479 e. The van der Waals surface area contributed by atoms with E-state index < -0.39 is 149 Å². The van der Waals surface area contributed by atoms with Crippen LogP contribution in [-0.4, -0.2) is 175 Å². The first-order chi connectivity index (χ1) is 31.6. The minimum Gasteiger partial charge on any atom is -0.479 e. The molecule has 4 saturated carbocycles. The van der Waals surface area contributed by atoms with E-state index in [0.717, 1.165) is 5.57 Å². The highest BCUT2D eigenvalue weighted by Crippen LogP contribution is 2.76. The molecule has 5 aliphatic carbocycles. The molecule has 22 atom stereocenters. The number of hydrogen-bond acceptors (Lipinski definition) is 18. The number of aliphatic hydroxyl groups excluding tert-OH is 9. The molecule has 7 aliphatic rings. The Morgan fingerprint density at radius 2 is 1.49 bits per heavy atom. The molecule has 0 aromatic rings. The molecule has 0 bridgehead atoms. The van der Waals surface area contributed by atoms with Gasteiger partial charge in [0.05, 0.1) is 30.8 Å². The van der Waals surface area contributed by atoms with Gasteiger partial charge in [0.2, 0.25) is 0 Å². The number of fused-ring (bicyclic) bond motifs is 7. The van der Waals surface area contributed by atoms with Crippen LogP contribution in [0.5, 0.6) is 0 Å². The lowest BCUT2D eigenvalue weighted by molar-refractivity contribution is -0.375. The average molecular weight is 969 g/mol.